The van der Waals surface area contributed by atoms with Gasteiger partial charge in [-0.05, 0) is 39.1 Å². The summed E-state index contributed by atoms with van der Waals surface area (Å²) in [5.74, 6) is -0.0482. The molecule has 0 fully saturated rings. The van der Waals surface area contributed by atoms with E-state index in [2.05, 4.69) is 36.0 Å². The Balaban J connectivity index is 2.04. The van der Waals surface area contributed by atoms with Gasteiger partial charge in [-0.15, -0.1) is 22.7 Å². The van der Waals surface area contributed by atoms with E-state index in [0.29, 0.717) is 17.5 Å². The van der Waals surface area contributed by atoms with Crippen LogP contribution >= 0.6 is 34.3 Å². The van der Waals surface area contributed by atoms with Crippen LogP contribution in [0.2, 0.25) is 4.34 Å². The minimum absolute atomic E-state index is 0.0482. The van der Waals surface area contributed by atoms with Gasteiger partial charge in [0, 0.05) is 12.6 Å². The highest BCUT2D eigenvalue weighted by Gasteiger charge is 2.18. The Kier molecular flexibility index (Phi) is 6.59. The van der Waals surface area contributed by atoms with Crippen molar-refractivity contribution >= 4 is 40.2 Å². The SMILES string of the molecule is CCN(CC)C(C)CNC(=O)c1sc(-c2ccc(Cl)s2)nc1C. The highest BCUT2D eigenvalue weighted by Crippen LogP contribution is 2.34. The molecular formula is C16H22ClN3OS2. The van der Waals surface area contributed by atoms with Gasteiger partial charge in [-0.3, -0.25) is 9.69 Å². The molecule has 4 nitrogen and oxygen atoms in total. The average Bonchev–Trinajstić information content (AvgIpc) is 3.12. The molecule has 23 heavy (non-hydrogen) atoms. The number of nitrogens with zero attached hydrogens (tertiary/aromatic N) is 2. The van der Waals surface area contributed by atoms with Crippen LogP contribution in [0.5, 0.6) is 0 Å². The number of hydrogen-bond acceptors (Lipinski definition) is 5. The Bertz CT molecular complexity index is 664. The van der Waals surface area contributed by atoms with E-state index in [-0.39, 0.29) is 5.91 Å². The van der Waals surface area contributed by atoms with Crippen molar-refractivity contribution in [2.45, 2.75) is 33.7 Å². The molecule has 1 N–H and O–H groups in total. The summed E-state index contributed by atoms with van der Waals surface area (Å²) in [5.41, 5.74) is 0.766. The fourth-order valence-corrected chi connectivity index (χ4v) is 4.52. The zero-order valence-corrected chi connectivity index (χ0v) is 16.2. The fraction of sp³-hybridized carbons (Fsp3) is 0.500. The first-order valence-corrected chi connectivity index (χ1v) is 9.72. The van der Waals surface area contributed by atoms with Gasteiger partial charge in [-0.25, -0.2) is 4.98 Å². The highest BCUT2D eigenvalue weighted by atomic mass is 35.5. The van der Waals surface area contributed by atoms with Gasteiger partial charge in [-0.1, -0.05) is 25.4 Å². The summed E-state index contributed by atoms with van der Waals surface area (Å²) in [4.78, 5) is 20.9. The zero-order chi connectivity index (χ0) is 17.0. The third-order valence-electron chi connectivity index (χ3n) is 3.78. The van der Waals surface area contributed by atoms with E-state index in [1.165, 1.54) is 22.7 Å². The Morgan fingerprint density at radius 1 is 1.35 bits per heavy atom. The summed E-state index contributed by atoms with van der Waals surface area (Å²) in [7, 11) is 0. The van der Waals surface area contributed by atoms with Crippen molar-refractivity contribution in [2.75, 3.05) is 19.6 Å². The van der Waals surface area contributed by atoms with E-state index in [9.17, 15) is 4.79 Å². The molecule has 1 amide bonds. The maximum absolute atomic E-state index is 12.4. The number of hydrogen-bond donors (Lipinski definition) is 1. The summed E-state index contributed by atoms with van der Waals surface area (Å²) in [5, 5.41) is 3.87. The van der Waals surface area contributed by atoms with E-state index in [4.69, 9.17) is 11.6 Å². The molecule has 2 aromatic rings. The number of likely N-dealkylation sites (N-methyl/N-ethyl adjacent to an activating group) is 1. The molecular weight excluding hydrogens is 350 g/mol. The van der Waals surface area contributed by atoms with Crippen LogP contribution in [0, 0.1) is 6.92 Å². The minimum atomic E-state index is -0.0482. The molecule has 0 saturated heterocycles. The third-order valence-corrected chi connectivity index (χ3v) is 6.34. The van der Waals surface area contributed by atoms with Crippen molar-refractivity contribution in [3.8, 4) is 9.88 Å². The summed E-state index contributed by atoms with van der Waals surface area (Å²) in [6.07, 6.45) is 0. The molecule has 0 radical (unpaired) electrons. The highest BCUT2D eigenvalue weighted by molar-refractivity contribution is 7.24. The molecule has 0 aliphatic rings. The van der Waals surface area contributed by atoms with Crippen LogP contribution in [0.15, 0.2) is 12.1 Å². The second kappa shape index (κ2) is 8.24. The van der Waals surface area contributed by atoms with Gasteiger partial charge in [-0.2, -0.15) is 0 Å². The lowest BCUT2D eigenvalue weighted by Crippen LogP contribution is -2.41. The lowest BCUT2D eigenvalue weighted by Gasteiger charge is -2.26. The van der Waals surface area contributed by atoms with E-state index >= 15 is 0 Å². The Morgan fingerprint density at radius 3 is 2.61 bits per heavy atom. The predicted octanol–water partition coefficient (Wildman–Crippen LogP) is 4.29. The molecule has 0 saturated carbocycles. The van der Waals surface area contributed by atoms with Gasteiger partial charge >= 0.3 is 0 Å². The van der Waals surface area contributed by atoms with Crippen LogP contribution < -0.4 is 5.32 Å². The Labute approximate surface area is 150 Å². The maximum atomic E-state index is 12.4. The molecule has 2 aromatic heterocycles. The summed E-state index contributed by atoms with van der Waals surface area (Å²) >= 11 is 8.87. The number of thiophene rings is 1. The maximum Gasteiger partial charge on any atom is 0.263 e. The summed E-state index contributed by atoms with van der Waals surface area (Å²) < 4.78 is 0.729. The molecule has 0 aromatic carbocycles. The Morgan fingerprint density at radius 2 is 2.04 bits per heavy atom. The van der Waals surface area contributed by atoms with Crippen LogP contribution in [0.3, 0.4) is 0 Å². The number of rotatable bonds is 7. The first-order chi connectivity index (χ1) is 11.0. The standard InChI is InChI=1S/C16H22ClN3OS2/c1-5-20(6-2)10(3)9-18-15(21)14-11(4)19-16(23-14)12-7-8-13(17)22-12/h7-8,10H,5-6,9H2,1-4H3,(H,18,21). The third kappa shape index (κ3) is 4.53. The molecule has 0 spiro atoms. The molecule has 2 rings (SSSR count). The van der Waals surface area contributed by atoms with Gasteiger partial charge in [0.15, 0.2) is 0 Å². The number of nitrogens with one attached hydrogen (secondary N) is 1. The average molecular weight is 372 g/mol. The number of thiazole rings is 1. The lowest BCUT2D eigenvalue weighted by atomic mass is 10.2. The van der Waals surface area contributed by atoms with E-state index in [1.54, 1.807) is 0 Å². The first kappa shape index (κ1) is 18.4. The second-order valence-corrected chi connectivity index (χ2v) is 8.03. The van der Waals surface area contributed by atoms with Crippen LogP contribution in [-0.2, 0) is 0 Å². The van der Waals surface area contributed by atoms with Crippen molar-refractivity contribution in [2.24, 2.45) is 0 Å². The van der Waals surface area contributed by atoms with E-state index < -0.39 is 0 Å². The number of aryl methyl sites for hydroxylation is 1. The largest absolute Gasteiger partial charge is 0.350 e. The van der Waals surface area contributed by atoms with Gasteiger partial charge in [0.1, 0.15) is 9.88 Å². The van der Waals surface area contributed by atoms with Crippen molar-refractivity contribution < 1.29 is 4.79 Å². The molecule has 126 valence electrons. The van der Waals surface area contributed by atoms with Crippen molar-refractivity contribution in [1.82, 2.24) is 15.2 Å². The van der Waals surface area contributed by atoms with Crippen molar-refractivity contribution in [3.05, 3.63) is 27.0 Å². The number of amides is 1. The molecule has 2 heterocycles. The molecule has 0 aliphatic heterocycles. The predicted molar refractivity (Wildman–Crippen MR) is 99.9 cm³/mol. The minimum Gasteiger partial charge on any atom is -0.350 e. The number of aromatic nitrogens is 1. The van der Waals surface area contributed by atoms with Crippen molar-refractivity contribution in [1.29, 1.82) is 0 Å². The van der Waals surface area contributed by atoms with Gasteiger partial charge in [0.2, 0.25) is 0 Å². The van der Waals surface area contributed by atoms with Gasteiger partial charge in [0.05, 0.1) is 14.9 Å². The number of carbonyl (C=O) groups excluding carboxylic acids is 1. The topological polar surface area (TPSA) is 45.2 Å². The molecule has 0 bridgehead atoms. The van der Waals surface area contributed by atoms with E-state index in [0.717, 1.165) is 33.0 Å². The summed E-state index contributed by atoms with van der Waals surface area (Å²) in [6.45, 7) is 10.9. The molecule has 0 aliphatic carbocycles. The van der Waals surface area contributed by atoms with Crippen molar-refractivity contribution in [3.63, 3.8) is 0 Å². The Hall–Kier alpha value is -0.950. The van der Waals surface area contributed by atoms with Crippen LogP contribution in [0.25, 0.3) is 9.88 Å². The smallest absolute Gasteiger partial charge is 0.263 e. The van der Waals surface area contributed by atoms with Crippen LogP contribution in [0.1, 0.15) is 36.1 Å². The van der Waals surface area contributed by atoms with Crippen LogP contribution in [0.4, 0.5) is 0 Å². The quantitative estimate of drug-likeness (QED) is 0.789. The lowest BCUT2D eigenvalue weighted by molar-refractivity contribution is 0.0941. The molecule has 7 heteroatoms. The van der Waals surface area contributed by atoms with Crippen LogP contribution in [-0.4, -0.2) is 41.5 Å². The number of carbonyl (C=O) groups is 1. The first-order valence-electron chi connectivity index (χ1n) is 7.71. The van der Waals surface area contributed by atoms with Gasteiger partial charge < -0.3 is 5.32 Å². The monoisotopic (exact) mass is 371 g/mol. The summed E-state index contributed by atoms with van der Waals surface area (Å²) in [6, 6.07) is 4.11. The second-order valence-electron chi connectivity index (χ2n) is 5.32. The fourth-order valence-electron chi connectivity index (χ4n) is 2.44. The van der Waals surface area contributed by atoms with E-state index in [1.807, 2.05) is 19.1 Å². The van der Waals surface area contributed by atoms with Gasteiger partial charge in [0.25, 0.3) is 5.91 Å². The molecule has 1 atom stereocenters. The normalized spacial score (nSPS) is 12.6. The zero-order valence-electron chi connectivity index (χ0n) is 13.9. The molecule has 1 unspecified atom stereocenters. The number of halogens is 1.